The van der Waals surface area contributed by atoms with Crippen molar-refractivity contribution in [1.29, 1.82) is 0 Å². The number of rotatable bonds is 0. The van der Waals surface area contributed by atoms with Crippen LogP contribution in [0.2, 0.25) is 0 Å². The molecule has 1 aliphatic carbocycles. The Kier molecular flexibility index (Phi) is 1.56. The topological polar surface area (TPSA) is 21.6 Å². The number of fused-ring (bicyclic) bond motifs is 1. The Morgan fingerprint density at radius 1 is 1.17 bits per heavy atom. The summed E-state index contributed by atoms with van der Waals surface area (Å²) in [5, 5.41) is 0. The largest absolute Gasteiger partial charge is 0.471 e. The van der Waals surface area contributed by atoms with Gasteiger partial charge in [0.25, 0.3) is 0 Å². The summed E-state index contributed by atoms with van der Waals surface area (Å²) in [6, 6.07) is 0.230. The highest BCUT2D eigenvalue weighted by molar-refractivity contribution is 5.76. The molecule has 0 aromatic rings. The van der Waals surface area contributed by atoms with Crippen LogP contribution in [0, 0.1) is 0 Å². The van der Waals surface area contributed by atoms with E-state index in [4.69, 9.17) is 4.74 Å². The van der Waals surface area contributed by atoms with Gasteiger partial charge in [0.1, 0.15) is 12.1 Å². The lowest BCUT2D eigenvalue weighted by Gasteiger charge is -2.18. The molecule has 12 heavy (non-hydrogen) atoms. The molecular formula is C10H13NO. The van der Waals surface area contributed by atoms with Crippen molar-refractivity contribution >= 4 is 5.90 Å². The van der Waals surface area contributed by atoms with E-state index in [1.54, 1.807) is 0 Å². The number of aliphatic imine (C=N–C) groups is 1. The van der Waals surface area contributed by atoms with Gasteiger partial charge in [0.05, 0.1) is 0 Å². The van der Waals surface area contributed by atoms with Gasteiger partial charge in [0, 0.05) is 6.92 Å². The Morgan fingerprint density at radius 2 is 1.83 bits per heavy atom. The number of nitrogens with zero attached hydrogens (tertiary/aromatic N) is 1. The van der Waals surface area contributed by atoms with Gasteiger partial charge < -0.3 is 4.74 Å². The van der Waals surface area contributed by atoms with Gasteiger partial charge in [-0.3, -0.25) is 0 Å². The molecule has 0 aromatic carbocycles. The summed E-state index contributed by atoms with van der Waals surface area (Å²) in [4.78, 5) is 4.37. The fourth-order valence-corrected chi connectivity index (χ4v) is 1.61. The van der Waals surface area contributed by atoms with E-state index in [1.165, 1.54) is 11.1 Å². The van der Waals surface area contributed by atoms with Gasteiger partial charge >= 0.3 is 0 Å². The van der Waals surface area contributed by atoms with Gasteiger partial charge in [-0.05, 0) is 25.5 Å². The molecule has 2 unspecified atom stereocenters. The van der Waals surface area contributed by atoms with Crippen molar-refractivity contribution in [1.82, 2.24) is 0 Å². The van der Waals surface area contributed by atoms with Gasteiger partial charge in [-0.15, -0.1) is 0 Å². The molecule has 2 heteroatoms. The van der Waals surface area contributed by atoms with E-state index in [1.807, 2.05) is 6.92 Å². The van der Waals surface area contributed by atoms with Crippen molar-refractivity contribution < 1.29 is 4.74 Å². The predicted octanol–water partition coefficient (Wildman–Crippen LogP) is 2.08. The molecule has 0 fully saturated rings. The quantitative estimate of drug-likeness (QED) is 0.535. The van der Waals surface area contributed by atoms with Crippen molar-refractivity contribution in [3.05, 3.63) is 23.3 Å². The first-order valence-electron chi connectivity index (χ1n) is 4.25. The van der Waals surface area contributed by atoms with E-state index in [-0.39, 0.29) is 12.1 Å². The molecule has 0 saturated carbocycles. The van der Waals surface area contributed by atoms with Crippen LogP contribution < -0.4 is 0 Å². The number of allylic oxidation sites excluding steroid dienone is 2. The maximum Gasteiger partial charge on any atom is 0.181 e. The minimum atomic E-state index is 0.161. The SMILES string of the molecule is CC1=CC2N=C(C)OC2C=C1C. The average Bonchev–Trinajstić information content (AvgIpc) is 2.30. The minimum Gasteiger partial charge on any atom is -0.471 e. The lowest BCUT2D eigenvalue weighted by atomic mass is 9.96. The molecule has 2 atom stereocenters. The van der Waals surface area contributed by atoms with E-state index in [0.717, 1.165) is 5.90 Å². The van der Waals surface area contributed by atoms with Gasteiger partial charge in [0.2, 0.25) is 0 Å². The van der Waals surface area contributed by atoms with E-state index in [9.17, 15) is 0 Å². The van der Waals surface area contributed by atoms with E-state index < -0.39 is 0 Å². The lowest BCUT2D eigenvalue weighted by molar-refractivity contribution is 0.251. The van der Waals surface area contributed by atoms with Crippen molar-refractivity contribution in [2.45, 2.75) is 32.9 Å². The molecule has 0 spiro atoms. The van der Waals surface area contributed by atoms with Crippen LogP contribution in [0.25, 0.3) is 0 Å². The monoisotopic (exact) mass is 163 g/mol. The van der Waals surface area contributed by atoms with Crippen molar-refractivity contribution in [3.8, 4) is 0 Å². The van der Waals surface area contributed by atoms with Crippen LogP contribution in [0.5, 0.6) is 0 Å². The first-order valence-corrected chi connectivity index (χ1v) is 4.25. The van der Waals surface area contributed by atoms with Crippen LogP contribution in [-0.4, -0.2) is 18.0 Å². The van der Waals surface area contributed by atoms with Crippen LogP contribution in [0.15, 0.2) is 28.3 Å². The van der Waals surface area contributed by atoms with Crippen LogP contribution in [-0.2, 0) is 4.74 Å². The maximum atomic E-state index is 5.51. The lowest BCUT2D eigenvalue weighted by Crippen LogP contribution is -2.21. The molecule has 0 N–H and O–H groups in total. The average molecular weight is 163 g/mol. The van der Waals surface area contributed by atoms with Crippen LogP contribution in [0.1, 0.15) is 20.8 Å². The third-order valence-corrected chi connectivity index (χ3v) is 2.43. The van der Waals surface area contributed by atoms with Crippen molar-refractivity contribution in [3.63, 3.8) is 0 Å². The molecule has 64 valence electrons. The fourth-order valence-electron chi connectivity index (χ4n) is 1.61. The van der Waals surface area contributed by atoms with Crippen molar-refractivity contribution in [2.75, 3.05) is 0 Å². The van der Waals surface area contributed by atoms with Gasteiger partial charge in [-0.2, -0.15) is 0 Å². The Labute approximate surface area is 72.6 Å². The third-order valence-electron chi connectivity index (χ3n) is 2.43. The van der Waals surface area contributed by atoms with E-state index in [0.29, 0.717) is 0 Å². The molecule has 0 radical (unpaired) electrons. The Bertz CT molecular complexity index is 299. The molecule has 0 aromatic heterocycles. The zero-order chi connectivity index (χ0) is 8.72. The van der Waals surface area contributed by atoms with E-state index >= 15 is 0 Å². The second-order valence-electron chi connectivity index (χ2n) is 3.42. The molecule has 0 bridgehead atoms. The maximum absolute atomic E-state index is 5.51. The number of hydrogen-bond donors (Lipinski definition) is 0. The summed E-state index contributed by atoms with van der Waals surface area (Å²) >= 11 is 0. The van der Waals surface area contributed by atoms with Gasteiger partial charge in [-0.1, -0.05) is 11.6 Å². The zero-order valence-corrected chi connectivity index (χ0v) is 7.66. The number of ether oxygens (including phenoxy) is 1. The molecule has 2 rings (SSSR count). The molecule has 2 nitrogen and oxygen atoms in total. The standard InChI is InChI=1S/C10H13NO/c1-6-4-9-10(5-7(6)2)12-8(3)11-9/h4-5,9-10H,1-3H3. The van der Waals surface area contributed by atoms with Crippen LogP contribution in [0.4, 0.5) is 0 Å². The Hall–Kier alpha value is -1.05. The first-order chi connectivity index (χ1) is 5.66. The normalized spacial score (nSPS) is 33.1. The van der Waals surface area contributed by atoms with Crippen LogP contribution in [0.3, 0.4) is 0 Å². The molecule has 1 aliphatic heterocycles. The zero-order valence-electron chi connectivity index (χ0n) is 7.66. The smallest absolute Gasteiger partial charge is 0.181 e. The minimum absolute atomic E-state index is 0.161. The summed E-state index contributed by atoms with van der Waals surface area (Å²) in [5.74, 6) is 0.806. The highest BCUT2D eigenvalue weighted by atomic mass is 16.5. The third kappa shape index (κ3) is 1.07. The number of hydrogen-bond acceptors (Lipinski definition) is 2. The van der Waals surface area contributed by atoms with Gasteiger partial charge in [0.15, 0.2) is 5.90 Å². The van der Waals surface area contributed by atoms with Gasteiger partial charge in [-0.25, -0.2) is 4.99 Å². The molecule has 2 aliphatic rings. The highest BCUT2D eigenvalue weighted by Gasteiger charge is 2.28. The van der Waals surface area contributed by atoms with E-state index in [2.05, 4.69) is 31.0 Å². The summed E-state index contributed by atoms with van der Waals surface area (Å²) in [6.45, 7) is 6.13. The fraction of sp³-hybridized carbons (Fsp3) is 0.500. The van der Waals surface area contributed by atoms with Crippen LogP contribution >= 0.6 is 0 Å². The second kappa shape index (κ2) is 2.47. The predicted molar refractivity (Wildman–Crippen MR) is 49.3 cm³/mol. The summed E-state index contributed by atoms with van der Waals surface area (Å²) in [7, 11) is 0. The summed E-state index contributed by atoms with van der Waals surface area (Å²) < 4.78 is 5.51. The second-order valence-corrected chi connectivity index (χ2v) is 3.42. The molecule has 0 saturated heterocycles. The Morgan fingerprint density at radius 3 is 2.58 bits per heavy atom. The molecule has 1 heterocycles. The highest BCUT2D eigenvalue weighted by Crippen LogP contribution is 2.26. The Balaban J connectivity index is 2.30. The molecular weight excluding hydrogens is 150 g/mol. The summed E-state index contributed by atoms with van der Waals surface area (Å²) in [5.41, 5.74) is 2.62. The first kappa shape index (κ1) is 7.59. The van der Waals surface area contributed by atoms with Crippen molar-refractivity contribution in [2.24, 2.45) is 4.99 Å². The summed E-state index contributed by atoms with van der Waals surface area (Å²) in [6.07, 6.45) is 4.49. The molecule has 0 amide bonds.